The quantitative estimate of drug-likeness (QED) is 0.890. The van der Waals surface area contributed by atoms with E-state index in [1.165, 1.54) is 0 Å². The van der Waals surface area contributed by atoms with E-state index < -0.39 is 0 Å². The molecule has 0 amide bonds. The van der Waals surface area contributed by atoms with Crippen LogP contribution >= 0.6 is 0 Å². The van der Waals surface area contributed by atoms with Crippen molar-refractivity contribution in [1.82, 2.24) is 4.98 Å². The summed E-state index contributed by atoms with van der Waals surface area (Å²) >= 11 is 0. The molecule has 1 fully saturated rings. The summed E-state index contributed by atoms with van der Waals surface area (Å²) in [6.07, 6.45) is 1.78. The Labute approximate surface area is 105 Å². The number of hydrogen-bond donors (Lipinski definition) is 1. The molecule has 2 aromatic rings. The molecule has 0 unspecified atom stereocenters. The van der Waals surface area contributed by atoms with Crippen LogP contribution in [0.4, 0.5) is 0 Å². The van der Waals surface area contributed by atoms with Gasteiger partial charge in [-0.3, -0.25) is 4.98 Å². The van der Waals surface area contributed by atoms with Gasteiger partial charge in [0.2, 0.25) is 0 Å². The zero-order chi connectivity index (χ0) is 12.6. The van der Waals surface area contributed by atoms with Gasteiger partial charge in [0.15, 0.2) is 0 Å². The Morgan fingerprint density at radius 2 is 2.22 bits per heavy atom. The molecule has 1 N–H and O–H groups in total. The van der Waals surface area contributed by atoms with E-state index in [0.29, 0.717) is 13.2 Å². The second kappa shape index (κ2) is 4.23. The van der Waals surface area contributed by atoms with Crippen molar-refractivity contribution in [2.24, 2.45) is 0 Å². The van der Waals surface area contributed by atoms with Gasteiger partial charge in [-0.1, -0.05) is 6.07 Å². The lowest BCUT2D eigenvalue weighted by atomic mass is 9.81. The van der Waals surface area contributed by atoms with Crippen LogP contribution in [0.25, 0.3) is 10.8 Å². The van der Waals surface area contributed by atoms with Gasteiger partial charge >= 0.3 is 0 Å². The molecule has 0 spiro atoms. The van der Waals surface area contributed by atoms with E-state index in [9.17, 15) is 5.11 Å². The highest BCUT2D eigenvalue weighted by atomic mass is 16.5. The molecule has 1 aromatic heterocycles. The third kappa shape index (κ3) is 1.57. The van der Waals surface area contributed by atoms with E-state index >= 15 is 0 Å². The first-order chi connectivity index (χ1) is 8.79. The number of hydrogen-bond acceptors (Lipinski definition) is 4. The fourth-order valence-corrected chi connectivity index (χ4v) is 2.35. The number of aromatic nitrogens is 1. The van der Waals surface area contributed by atoms with E-state index in [1.54, 1.807) is 13.3 Å². The number of rotatable bonds is 3. The van der Waals surface area contributed by atoms with Crippen LogP contribution in [0.2, 0.25) is 0 Å². The number of nitrogens with zero attached hydrogens (tertiary/aromatic N) is 1. The number of aliphatic hydroxyl groups excluding tert-OH is 1. The van der Waals surface area contributed by atoms with E-state index in [4.69, 9.17) is 9.47 Å². The summed E-state index contributed by atoms with van der Waals surface area (Å²) in [6, 6.07) is 7.86. The molecule has 0 saturated carbocycles. The highest BCUT2D eigenvalue weighted by molar-refractivity contribution is 5.86. The maximum absolute atomic E-state index is 9.62. The number of pyridine rings is 1. The van der Waals surface area contributed by atoms with Crippen LogP contribution in [0.15, 0.2) is 30.5 Å². The second-order valence-corrected chi connectivity index (χ2v) is 4.68. The molecule has 4 nitrogen and oxygen atoms in total. The minimum atomic E-state index is -0.355. The molecule has 94 valence electrons. The van der Waals surface area contributed by atoms with Crippen molar-refractivity contribution >= 4 is 10.8 Å². The van der Waals surface area contributed by atoms with E-state index in [1.807, 2.05) is 24.3 Å². The highest BCUT2D eigenvalue weighted by Gasteiger charge is 2.42. The zero-order valence-electron chi connectivity index (χ0n) is 10.2. The summed E-state index contributed by atoms with van der Waals surface area (Å²) in [4.78, 5) is 4.45. The standard InChI is InChI=1S/C14H15NO3/c1-17-11-3-2-10-4-5-15-13(12(10)6-11)14(7-16)8-18-9-14/h2-6,16H,7-9H2,1H3. The van der Waals surface area contributed by atoms with Gasteiger partial charge in [0.1, 0.15) is 5.75 Å². The normalized spacial score (nSPS) is 17.4. The maximum atomic E-state index is 9.62. The fourth-order valence-electron chi connectivity index (χ4n) is 2.35. The first kappa shape index (κ1) is 11.4. The van der Waals surface area contributed by atoms with Gasteiger partial charge in [-0.05, 0) is 23.6 Å². The molecule has 0 radical (unpaired) electrons. The smallest absolute Gasteiger partial charge is 0.119 e. The fraction of sp³-hybridized carbons (Fsp3) is 0.357. The van der Waals surface area contributed by atoms with Crippen LogP contribution in [0.5, 0.6) is 5.75 Å². The average Bonchev–Trinajstić information content (AvgIpc) is 2.38. The maximum Gasteiger partial charge on any atom is 0.119 e. The first-order valence-electron chi connectivity index (χ1n) is 5.91. The summed E-state index contributed by atoms with van der Waals surface area (Å²) in [6.45, 7) is 1.09. The van der Waals surface area contributed by atoms with Crippen LogP contribution in [0.1, 0.15) is 5.69 Å². The summed E-state index contributed by atoms with van der Waals surface area (Å²) in [5.41, 5.74) is 0.541. The predicted molar refractivity (Wildman–Crippen MR) is 67.9 cm³/mol. The Kier molecular flexibility index (Phi) is 2.69. The van der Waals surface area contributed by atoms with E-state index in [0.717, 1.165) is 22.2 Å². The van der Waals surface area contributed by atoms with Gasteiger partial charge in [0.25, 0.3) is 0 Å². The molecule has 1 saturated heterocycles. The van der Waals surface area contributed by atoms with Gasteiger partial charge in [-0.25, -0.2) is 0 Å². The lowest BCUT2D eigenvalue weighted by Gasteiger charge is -2.39. The number of aliphatic hydroxyl groups is 1. The molecule has 1 aliphatic rings. The molecule has 0 aliphatic carbocycles. The summed E-state index contributed by atoms with van der Waals surface area (Å²) < 4.78 is 10.5. The third-order valence-corrected chi connectivity index (χ3v) is 3.54. The SMILES string of the molecule is COc1ccc2ccnc(C3(CO)COC3)c2c1. The molecule has 0 atom stereocenters. The van der Waals surface area contributed by atoms with Gasteiger partial charge < -0.3 is 14.6 Å². The molecular formula is C14H15NO3. The van der Waals surface area contributed by atoms with Crippen LogP contribution in [0, 0.1) is 0 Å². The third-order valence-electron chi connectivity index (χ3n) is 3.54. The zero-order valence-corrected chi connectivity index (χ0v) is 10.2. The Morgan fingerprint density at radius 3 is 2.83 bits per heavy atom. The van der Waals surface area contributed by atoms with Crippen molar-refractivity contribution < 1.29 is 14.6 Å². The monoisotopic (exact) mass is 245 g/mol. The van der Waals surface area contributed by atoms with Crippen molar-refractivity contribution in [3.05, 3.63) is 36.2 Å². The van der Waals surface area contributed by atoms with Crippen LogP contribution in [-0.4, -0.2) is 37.0 Å². The van der Waals surface area contributed by atoms with Crippen LogP contribution < -0.4 is 4.74 Å². The highest BCUT2D eigenvalue weighted by Crippen LogP contribution is 2.35. The minimum Gasteiger partial charge on any atom is -0.497 e. The van der Waals surface area contributed by atoms with E-state index in [2.05, 4.69) is 4.98 Å². The van der Waals surface area contributed by atoms with Crippen LogP contribution in [0.3, 0.4) is 0 Å². The van der Waals surface area contributed by atoms with E-state index in [-0.39, 0.29) is 12.0 Å². The number of methoxy groups -OCH3 is 1. The average molecular weight is 245 g/mol. The van der Waals surface area contributed by atoms with Crippen molar-refractivity contribution in [3.8, 4) is 5.75 Å². The van der Waals surface area contributed by atoms with Gasteiger partial charge in [-0.15, -0.1) is 0 Å². The number of benzene rings is 1. The van der Waals surface area contributed by atoms with Crippen molar-refractivity contribution in [2.75, 3.05) is 26.9 Å². The van der Waals surface area contributed by atoms with Crippen molar-refractivity contribution in [3.63, 3.8) is 0 Å². The summed E-state index contributed by atoms with van der Waals surface area (Å²) in [5.74, 6) is 0.796. The van der Waals surface area contributed by atoms with Crippen LogP contribution in [-0.2, 0) is 10.2 Å². The summed E-state index contributed by atoms with van der Waals surface area (Å²) in [7, 11) is 1.64. The molecule has 1 aromatic carbocycles. The van der Waals surface area contributed by atoms with Gasteiger partial charge in [0.05, 0.1) is 38.0 Å². The topological polar surface area (TPSA) is 51.6 Å². The Bertz CT molecular complexity index is 573. The number of ether oxygens (including phenoxy) is 2. The number of fused-ring (bicyclic) bond motifs is 1. The molecular weight excluding hydrogens is 230 g/mol. The molecule has 2 heterocycles. The molecule has 1 aliphatic heterocycles. The Morgan fingerprint density at radius 1 is 1.39 bits per heavy atom. The predicted octanol–water partition coefficient (Wildman–Crippen LogP) is 1.50. The molecule has 3 rings (SSSR count). The largest absolute Gasteiger partial charge is 0.497 e. The summed E-state index contributed by atoms with van der Waals surface area (Å²) in [5, 5.41) is 11.7. The van der Waals surface area contributed by atoms with Crippen molar-refractivity contribution in [1.29, 1.82) is 0 Å². The molecule has 4 heteroatoms. The molecule has 0 bridgehead atoms. The van der Waals surface area contributed by atoms with Gasteiger partial charge in [-0.2, -0.15) is 0 Å². The van der Waals surface area contributed by atoms with Gasteiger partial charge in [0, 0.05) is 11.6 Å². The Hall–Kier alpha value is -1.65. The first-order valence-corrected chi connectivity index (χ1v) is 5.91. The van der Waals surface area contributed by atoms with Crippen molar-refractivity contribution in [2.45, 2.75) is 5.41 Å². The lowest BCUT2D eigenvalue weighted by molar-refractivity contribution is -0.0854. The second-order valence-electron chi connectivity index (χ2n) is 4.68. The Balaban J connectivity index is 2.21. The minimum absolute atomic E-state index is 0.0519. The molecule has 18 heavy (non-hydrogen) atoms. The lowest BCUT2D eigenvalue weighted by Crippen LogP contribution is -2.50.